The van der Waals surface area contributed by atoms with Crippen molar-refractivity contribution in [2.24, 2.45) is 0 Å². The quantitative estimate of drug-likeness (QED) is 0.933. The second-order valence-electron chi connectivity index (χ2n) is 7.02. The van der Waals surface area contributed by atoms with Gasteiger partial charge in [-0.25, -0.2) is 9.37 Å². The first-order valence-corrected chi connectivity index (χ1v) is 8.98. The molecule has 25 heavy (non-hydrogen) atoms. The van der Waals surface area contributed by atoms with E-state index in [9.17, 15) is 9.18 Å². The number of nitrogens with zero attached hydrogens (tertiary/aromatic N) is 3. The van der Waals surface area contributed by atoms with Crippen molar-refractivity contribution in [3.8, 4) is 0 Å². The number of hydrogen-bond donors (Lipinski definition) is 1. The minimum absolute atomic E-state index is 0.0509. The van der Waals surface area contributed by atoms with Gasteiger partial charge in [0.25, 0.3) is 5.91 Å². The summed E-state index contributed by atoms with van der Waals surface area (Å²) >= 11 is 0. The fraction of sp³-hybridized carbons (Fsp3) is 0.474. The molecule has 1 fully saturated rings. The Hall–Kier alpha value is -2.37. The minimum atomic E-state index is -0.314. The normalized spacial score (nSPS) is 19.8. The highest BCUT2D eigenvalue weighted by Crippen LogP contribution is 2.24. The van der Waals surface area contributed by atoms with Crippen LogP contribution in [0.15, 0.2) is 24.4 Å². The molecule has 6 heteroatoms. The average molecular weight is 342 g/mol. The highest BCUT2D eigenvalue weighted by atomic mass is 19.1. The molecule has 1 aromatic carbocycles. The first-order chi connectivity index (χ1) is 12.1. The number of rotatable bonds is 3. The van der Waals surface area contributed by atoms with Gasteiger partial charge in [-0.15, -0.1) is 0 Å². The van der Waals surface area contributed by atoms with Gasteiger partial charge in [0.05, 0.1) is 11.4 Å². The fourth-order valence-corrected chi connectivity index (χ4v) is 3.84. The summed E-state index contributed by atoms with van der Waals surface area (Å²) in [6.07, 6.45) is 5.91. The van der Waals surface area contributed by atoms with Crippen molar-refractivity contribution < 1.29 is 9.18 Å². The smallest absolute Gasteiger partial charge is 0.251 e. The number of carbonyl (C=O) groups excluding carboxylic acids is 1. The first-order valence-electron chi connectivity index (χ1n) is 8.98. The number of benzene rings is 1. The molecule has 1 saturated heterocycles. The molecule has 4 rings (SSSR count). The van der Waals surface area contributed by atoms with Gasteiger partial charge in [-0.1, -0.05) is 0 Å². The van der Waals surface area contributed by atoms with E-state index >= 15 is 0 Å². The van der Waals surface area contributed by atoms with Crippen LogP contribution in [0, 0.1) is 12.7 Å². The maximum absolute atomic E-state index is 14.4. The lowest BCUT2D eigenvalue weighted by atomic mass is 10.1. The summed E-state index contributed by atoms with van der Waals surface area (Å²) < 4.78 is 16.5. The van der Waals surface area contributed by atoms with Crippen LogP contribution in [0.4, 0.5) is 10.1 Å². The van der Waals surface area contributed by atoms with Crippen molar-refractivity contribution in [2.75, 3.05) is 18.0 Å². The number of anilines is 1. The number of aryl methyl sites for hydroxylation is 2. The second kappa shape index (κ2) is 6.50. The van der Waals surface area contributed by atoms with E-state index in [0.29, 0.717) is 11.3 Å². The summed E-state index contributed by atoms with van der Waals surface area (Å²) in [5.74, 6) is 0.548. The number of fused-ring (bicyclic) bond motifs is 1. The number of hydrogen-bond acceptors (Lipinski definition) is 3. The lowest BCUT2D eigenvalue weighted by molar-refractivity contribution is 0.0927. The highest BCUT2D eigenvalue weighted by Gasteiger charge is 2.23. The summed E-state index contributed by atoms with van der Waals surface area (Å²) in [6.45, 7) is 4.47. The van der Waals surface area contributed by atoms with E-state index < -0.39 is 0 Å². The molecular weight excluding hydrogens is 319 g/mol. The Morgan fingerprint density at radius 1 is 1.32 bits per heavy atom. The lowest BCUT2D eigenvalue weighted by Gasteiger charge is -2.25. The Morgan fingerprint density at radius 3 is 2.88 bits per heavy atom. The molecule has 2 aliphatic heterocycles. The second-order valence-corrected chi connectivity index (χ2v) is 7.02. The average Bonchev–Trinajstić information content (AvgIpc) is 3.23. The minimum Gasteiger partial charge on any atom is -0.369 e. The Labute approximate surface area is 146 Å². The van der Waals surface area contributed by atoms with E-state index in [1.54, 1.807) is 12.1 Å². The van der Waals surface area contributed by atoms with Crippen molar-refractivity contribution in [3.05, 3.63) is 47.3 Å². The van der Waals surface area contributed by atoms with Crippen molar-refractivity contribution in [1.82, 2.24) is 14.9 Å². The maximum Gasteiger partial charge on any atom is 0.251 e. The van der Waals surface area contributed by atoms with Crippen LogP contribution in [0.2, 0.25) is 0 Å². The largest absolute Gasteiger partial charge is 0.369 e. The number of carbonyl (C=O) groups is 1. The topological polar surface area (TPSA) is 50.2 Å². The van der Waals surface area contributed by atoms with E-state index in [1.807, 2.05) is 18.0 Å². The van der Waals surface area contributed by atoms with Crippen LogP contribution in [-0.4, -0.2) is 34.6 Å². The highest BCUT2D eigenvalue weighted by molar-refractivity contribution is 5.94. The zero-order valence-corrected chi connectivity index (χ0v) is 14.5. The first kappa shape index (κ1) is 16.1. The molecule has 0 spiro atoms. The molecule has 3 heterocycles. The van der Waals surface area contributed by atoms with Gasteiger partial charge >= 0.3 is 0 Å². The van der Waals surface area contributed by atoms with Crippen LogP contribution in [0.1, 0.15) is 41.1 Å². The van der Waals surface area contributed by atoms with Crippen molar-refractivity contribution in [3.63, 3.8) is 0 Å². The molecule has 0 bridgehead atoms. The van der Waals surface area contributed by atoms with Gasteiger partial charge in [0, 0.05) is 43.9 Å². The molecule has 132 valence electrons. The summed E-state index contributed by atoms with van der Waals surface area (Å²) in [4.78, 5) is 19.0. The van der Waals surface area contributed by atoms with Crippen LogP contribution in [0.3, 0.4) is 0 Å². The Morgan fingerprint density at radius 2 is 2.12 bits per heavy atom. The van der Waals surface area contributed by atoms with Gasteiger partial charge in [-0.2, -0.15) is 0 Å². The van der Waals surface area contributed by atoms with Crippen molar-refractivity contribution in [1.29, 1.82) is 0 Å². The van der Waals surface area contributed by atoms with Gasteiger partial charge in [0.2, 0.25) is 0 Å². The third-order valence-electron chi connectivity index (χ3n) is 5.10. The molecule has 1 aromatic heterocycles. The molecule has 1 atom stereocenters. The molecule has 5 nitrogen and oxygen atoms in total. The van der Waals surface area contributed by atoms with Crippen molar-refractivity contribution in [2.45, 2.75) is 45.2 Å². The van der Waals surface area contributed by atoms with Crippen LogP contribution in [-0.2, 0) is 13.0 Å². The van der Waals surface area contributed by atoms with Crippen LogP contribution < -0.4 is 10.2 Å². The zero-order chi connectivity index (χ0) is 17.4. The van der Waals surface area contributed by atoms with Gasteiger partial charge in [0.1, 0.15) is 11.6 Å². The zero-order valence-electron chi connectivity index (χ0n) is 14.5. The van der Waals surface area contributed by atoms with E-state index in [0.717, 1.165) is 56.8 Å². The van der Waals surface area contributed by atoms with E-state index in [-0.39, 0.29) is 17.8 Å². The molecule has 0 unspecified atom stereocenters. The third-order valence-corrected chi connectivity index (χ3v) is 5.10. The van der Waals surface area contributed by atoms with Crippen LogP contribution in [0.5, 0.6) is 0 Å². The molecule has 0 radical (unpaired) electrons. The molecule has 2 aromatic rings. The monoisotopic (exact) mass is 342 g/mol. The SMILES string of the molecule is Cc1cn2c(n1)CC[C@H](NC(=O)c1ccc(N3CCCC3)c(F)c1)C2. The van der Waals surface area contributed by atoms with Crippen LogP contribution in [0.25, 0.3) is 0 Å². The lowest BCUT2D eigenvalue weighted by Crippen LogP contribution is -2.40. The van der Waals surface area contributed by atoms with Gasteiger partial charge < -0.3 is 14.8 Å². The number of aromatic nitrogens is 2. The maximum atomic E-state index is 14.4. The predicted molar refractivity (Wildman–Crippen MR) is 94.4 cm³/mol. The fourth-order valence-electron chi connectivity index (χ4n) is 3.84. The molecule has 0 aliphatic carbocycles. The summed E-state index contributed by atoms with van der Waals surface area (Å²) in [5, 5.41) is 3.03. The number of nitrogens with one attached hydrogen (secondary N) is 1. The Bertz CT molecular complexity index is 795. The number of imidazole rings is 1. The van der Waals surface area contributed by atoms with E-state index in [1.165, 1.54) is 6.07 Å². The Kier molecular flexibility index (Phi) is 4.19. The van der Waals surface area contributed by atoms with Gasteiger partial charge in [-0.3, -0.25) is 4.79 Å². The molecule has 0 saturated carbocycles. The van der Waals surface area contributed by atoms with E-state index in [4.69, 9.17) is 0 Å². The van der Waals surface area contributed by atoms with Crippen LogP contribution >= 0.6 is 0 Å². The molecule has 2 aliphatic rings. The van der Waals surface area contributed by atoms with Gasteiger partial charge in [-0.05, 0) is 44.4 Å². The Balaban J connectivity index is 1.43. The summed E-state index contributed by atoms with van der Waals surface area (Å²) in [5.41, 5.74) is 1.99. The molecule has 1 N–H and O–H groups in total. The third kappa shape index (κ3) is 3.25. The predicted octanol–water partition coefficient (Wildman–Crippen LogP) is 2.68. The van der Waals surface area contributed by atoms with Gasteiger partial charge in [0.15, 0.2) is 0 Å². The summed E-state index contributed by atoms with van der Waals surface area (Å²) in [7, 11) is 0. The van der Waals surface area contributed by atoms with E-state index in [2.05, 4.69) is 14.9 Å². The molecular formula is C19H23FN4O. The standard InChI is InChI=1S/C19H23FN4O/c1-13-11-24-12-15(5-7-18(24)21-13)22-19(25)14-4-6-17(16(20)10-14)23-8-2-3-9-23/h4,6,10-11,15H,2-3,5,7-9,12H2,1H3,(H,22,25)/t15-/m0/s1. The number of amides is 1. The summed E-state index contributed by atoms with van der Waals surface area (Å²) in [6, 6.07) is 4.86. The van der Waals surface area contributed by atoms with Crippen molar-refractivity contribution >= 4 is 11.6 Å². The number of halogens is 1. The molecule has 1 amide bonds.